The monoisotopic (exact) mass is 396 g/mol. The molecule has 4 heteroatoms. The van der Waals surface area contributed by atoms with Crippen LogP contribution in [-0.2, 0) is 19.0 Å². The molecule has 0 bridgehead atoms. The fourth-order valence-electron chi connectivity index (χ4n) is 3.45. The molecule has 0 aromatic rings. The van der Waals surface area contributed by atoms with Crippen LogP contribution in [0.15, 0.2) is 12.2 Å². The van der Waals surface area contributed by atoms with Gasteiger partial charge in [0.1, 0.15) is 6.10 Å². The van der Waals surface area contributed by atoms with Gasteiger partial charge in [0.2, 0.25) is 0 Å². The molecule has 1 heterocycles. The summed E-state index contributed by atoms with van der Waals surface area (Å²) in [4.78, 5) is 11.9. The first kappa shape index (κ1) is 25.3. The largest absolute Gasteiger partial charge is 0.379 e. The third-order valence-corrected chi connectivity index (χ3v) is 5.11. The van der Waals surface area contributed by atoms with Gasteiger partial charge in [0.25, 0.3) is 0 Å². The molecule has 0 aromatic heterocycles. The van der Waals surface area contributed by atoms with Crippen LogP contribution >= 0.6 is 0 Å². The van der Waals surface area contributed by atoms with E-state index in [1.54, 1.807) is 6.08 Å². The van der Waals surface area contributed by atoms with Crippen molar-refractivity contribution in [2.24, 2.45) is 0 Å². The molecule has 1 atom stereocenters. The van der Waals surface area contributed by atoms with E-state index in [2.05, 4.69) is 6.92 Å². The molecule has 0 N–H and O–H groups in total. The molecular formula is C24H44O4. The van der Waals surface area contributed by atoms with Gasteiger partial charge in [0.15, 0.2) is 11.6 Å². The van der Waals surface area contributed by atoms with E-state index >= 15 is 0 Å². The first-order chi connectivity index (χ1) is 13.5. The van der Waals surface area contributed by atoms with E-state index in [0.29, 0.717) is 26.2 Å². The Bertz CT molecular complexity index is 417. The van der Waals surface area contributed by atoms with E-state index in [1.165, 1.54) is 57.8 Å². The Morgan fingerprint density at radius 3 is 2.25 bits per heavy atom. The maximum atomic E-state index is 11.9. The van der Waals surface area contributed by atoms with Gasteiger partial charge in [-0.3, -0.25) is 4.79 Å². The number of rotatable bonds is 18. The van der Waals surface area contributed by atoms with Crippen LogP contribution in [0, 0.1) is 0 Å². The summed E-state index contributed by atoms with van der Waals surface area (Å²) < 4.78 is 16.8. The van der Waals surface area contributed by atoms with Gasteiger partial charge in [0, 0.05) is 13.0 Å². The Morgan fingerprint density at radius 2 is 1.64 bits per heavy atom. The first-order valence-electron chi connectivity index (χ1n) is 11.6. The number of ether oxygens (including phenoxy) is 3. The number of hydrogen-bond acceptors (Lipinski definition) is 4. The van der Waals surface area contributed by atoms with E-state index in [-0.39, 0.29) is 11.9 Å². The number of allylic oxidation sites excluding steroid dienone is 2. The zero-order valence-electron chi connectivity index (χ0n) is 18.7. The maximum absolute atomic E-state index is 11.9. The van der Waals surface area contributed by atoms with Crippen molar-refractivity contribution in [3.8, 4) is 0 Å². The molecule has 1 aliphatic rings. The van der Waals surface area contributed by atoms with Gasteiger partial charge in [-0.15, -0.1) is 0 Å². The third kappa shape index (κ3) is 14.3. The van der Waals surface area contributed by atoms with Crippen LogP contribution in [0.2, 0.25) is 0 Å². The maximum Gasteiger partial charge on any atom is 0.163 e. The zero-order valence-corrected chi connectivity index (χ0v) is 18.7. The smallest absolute Gasteiger partial charge is 0.163 e. The number of carbonyl (C=O) groups is 1. The van der Waals surface area contributed by atoms with Crippen LogP contribution in [0.5, 0.6) is 0 Å². The highest BCUT2D eigenvalue weighted by atomic mass is 16.7. The summed E-state index contributed by atoms with van der Waals surface area (Å²) in [6.45, 7) is 7.96. The Morgan fingerprint density at radius 1 is 1.00 bits per heavy atom. The molecule has 0 spiro atoms. The molecule has 0 aliphatic carbocycles. The highest BCUT2D eigenvalue weighted by molar-refractivity contribution is 5.89. The van der Waals surface area contributed by atoms with Crippen molar-refractivity contribution in [3.63, 3.8) is 0 Å². The summed E-state index contributed by atoms with van der Waals surface area (Å²) in [5.41, 5.74) is 0. The Labute approximate surface area is 173 Å². The number of hydrogen-bond donors (Lipinski definition) is 0. The second-order valence-electron chi connectivity index (χ2n) is 8.47. The van der Waals surface area contributed by atoms with Crippen LogP contribution < -0.4 is 0 Å². The van der Waals surface area contributed by atoms with Crippen molar-refractivity contribution < 1.29 is 19.0 Å². The van der Waals surface area contributed by atoms with Gasteiger partial charge >= 0.3 is 0 Å². The lowest BCUT2D eigenvalue weighted by atomic mass is 10.0. The van der Waals surface area contributed by atoms with Gasteiger partial charge in [0.05, 0.1) is 13.2 Å². The second-order valence-corrected chi connectivity index (χ2v) is 8.47. The average Bonchev–Trinajstić information content (AvgIpc) is 3.01. The van der Waals surface area contributed by atoms with Gasteiger partial charge < -0.3 is 14.2 Å². The lowest BCUT2D eigenvalue weighted by Gasteiger charge is -2.16. The van der Waals surface area contributed by atoms with Crippen LogP contribution in [-0.4, -0.2) is 37.5 Å². The van der Waals surface area contributed by atoms with Crippen molar-refractivity contribution >= 4 is 5.78 Å². The van der Waals surface area contributed by atoms with E-state index in [1.807, 2.05) is 19.9 Å². The summed E-state index contributed by atoms with van der Waals surface area (Å²) in [6.07, 6.45) is 19.3. The predicted octanol–water partition coefficient (Wildman–Crippen LogP) is 6.37. The third-order valence-electron chi connectivity index (χ3n) is 5.11. The minimum Gasteiger partial charge on any atom is -0.379 e. The molecule has 0 saturated carbocycles. The van der Waals surface area contributed by atoms with Gasteiger partial charge in [-0.1, -0.05) is 70.8 Å². The fourth-order valence-corrected chi connectivity index (χ4v) is 3.45. The molecule has 28 heavy (non-hydrogen) atoms. The van der Waals surface area contributed by atoms with Crippen LogP contribution in [0.25, 0.3) is 0 Å². The van der Waals surface area contributed by atoms with Crippen LogP contribution in [0.1, 0.15) is 104 Å². The Hall–Kier alpha value is -0.710. The molecule has 164 valence electrons. The SMILES string of the molecule is CCCCCCCCCCCCC(=O)/C=C/CCCOC[C@@H]1COC(C)(C)O1. The molecule has 1 saturated heterocycles. The van der Waals surface area contributed by atoms with Gasteiger partial charge in [-0.2, -0.15) is 0 Å². The van der Waals surface area contributed by atoms with E-state index in [9.17, 15) is 4.79 Å². The number of ketones is 1. The minimum atomic E-state index is -0.481. The quantitative estimate of drug-likeness (QED) is 0.199. The van der Waals surface area contributed by atoms with E-state index < -0.39 is 5.79 Å². The Kier molecular flexibility index (Phi) is 14.6. The van der Waals surface area contributed by atoms with Crippen molar-refractivity contribution in [2.45, 2.75) is 116 Å². The van der Waals surface area contributed by atoms with Crippen molar-refractivity contribution in [3.05, 3.63) is 12.2 Å². The van der Waals surface area contributed by atoms with Crippen molar-refractivity contribution in [2.75, 3.05) is 19.8 Å². The van der Waals surface area contributed by atoms with Crippen LogP contribution in [0.4, 0.5) is 0 Å². The molecule has 0 aromatic carbocycles. The summed E-state index contributed by atoms with van der Waals surface area (Å²) in [5.74, 6) is -0.218. The topological polar surface area (TPSA) is 44.8 Å². The zero-order chi connectivity index (χ0) is 20.5. The number of unbranched alkanes of at least 4 members (excludes halogenated alkanes) is 10. The number of carbonyl (C=O) groups excluding carboxylic acids is 1. The highest BCUT2D eigenvalue weighted by Gasteiger charge is 2.32. The summed E-state index contributed by atoms with van der Waals surface area (Å²) >= 11 is 0. The van der Waals surface area contributed by atoms with Crippen molar-refractivity contribution in [1.82, 2.24) is 0 Å². The van der Waals surface area contributed by atoms with E-state index in [0.717, 1.165) is 19.3 Å². The van der Waals surface area contributed by atoms with Crippen molar-refractivity contribution in [1.29, 1.82) is 0 Å². The lowest BCUT2D eigenvalue weighted by Crippen LogP contribution is -2.24. The molecule has 1 aliphatic heterocycles. The highest BCUT2D eigenvalue weighted by Crippen LogP contribution is 2.22. The molecule has 0 radical (unpaired) electrons. The lowest BCUT2D eigenvalue weighted by molar-refractivity contribution is -0.145. The predicted molar refractivity (Wildman–Crippen MR) is 116 cm³/mol. The molecule has 0 unspecified atom stereocenters. The summed E-state index contributed by atoms with van der Waals surface area (Å²) in [6, 6.07) is 0. The summed E-state index contributed by atoms with van der Waals surface area (Å²) in [5, 5.41) is 0. The minimum absolute atomic E-state index is 0.0353. The van der Waals surface area contributed by atoms with Gasteiger partial charge in [-0.05, 0) is 39.2 Å². The molecule has 0 amide bonds. The normalized spacial score (nSPS) is 18.9. The molecular weight excluding hydrogens is 352 g/mol. The standard InChI is InChI=1S/C24H44O4/c1-4-5-6-7-8-9-10-11-12-14-17-22(25)18-15-13-16-19-26-20-23-21-27-24(2,3)28-23/h15,18,23H,4-14,16-17,19-21H2,1-3H3/b18-15+/t23-/m1/s1. The molecule has 4 nitrogen and oxygen atoms in total. The summed E-state index contributed by atoms with van der Waals surface area (Å²) in [7, 11) is 0. The average molecular weight is 397 g/mol. The fraction of sp³-hybridized carbons (Fsp3) is 0.875. The first-order valence-corrected chi connectivity index (χ1v) is 11.6. The van der Waals surface area contributed by atoms with E-state index in [4.69, 9.17) is 14.2 Å². The molecule has 1 fully saturated rings. The van der Waals surface area contributed by atoms with Crippen LogP contribution in [0.3, 0.4) is 0 Å². The molecule has 1 rings (SSSR count). The second kappa shape index (κ2) is 16.1. The Balaban J connectivity index is 1.83. The van der Waals surface area contributed by atoms with Gasteiger partial charge in [-0.25, -0.2) is 0 Å².